The first-order valence-electron chi connectivity index (χ1n) is 5.45. The predicted molar refractivity (Wildman–Crippen MR) is 60.2 cm³/mol. The molecule has 2 nitrogen and oxygen atoms in total. The van der Waals surface area contributed by atoms with Crippen molar-refractivity contribution in [2.24, 2.45) is 0 Å². The fourth-order valence-electron chi connectivity index (χ4n) is 2.01. The summed E-state index contributed by atoms with van der Waals surface area (Å²) >= 11 is 0. The molecule has 0 radical (unpaired) electrons. The number of aryl methyl sites for hydroxylation is 2. The molecule has 0 fully saturated rings. The van der Waals surface area contributed by atoms with Crippen LogP contribution in [0.2, 0.25) is 0 Å². The molecule has 1 heterocycles. The Morgan fingerprint density at radius 1 is 1.40 bits per heavy atom. The van der Waals surface area contributed by atoms with Crippen molar-refractivity contribution in [3.63, 3.8) is 0 Å². The Morgan fingerprint density at radius 3 is 2.80 bits per heavy atom. The van der Waals surface area contributed by atoms with Crippen molar-refractivity contribution in [2.45, 2.75) is 45.3 Å². The molecule has 0 saturated heterocycles. The van der Waals surface area contributed by atoms with Crippen LogP contribution in [0.25, 0.3) is 0 Å². The molecule has 0 bridgehead atoms. The van der Waals surface area contributed by atoms with Crippen molar-refractivity contribution < 1.29 is 9.84 Å². The van der Waals surface area contributed by atoms with E-state index < -0.39 is 5.60 Å². The maximum atomic E-state index is 9.90. The van der Waals surface area contributed by atoms with Gasteiger partial charge in [0.25, 0.3) is 0 Å². The van der Waals surface area contributed by atoms with Gasteiger partial charge in [-0.15, -0.1) is 0 Å². The highest BCUT2D eigenvalue weighted by Gasteiger charge is 2.31. The molecule has 0 aromatic heterocycles. The van der Waals surface area contributed by atoms with Crippen molar-refractivity contribution in [1.82, 2.24) is 0 Å². The summed E-state index contributed by atoms with van der Waals surface area (Å²) in [6, 6.07) is 6.21. The molecule has 1 N–H and O–H groups in total. The number of ether oxygens (including phenoxy) is 1. The zero-order valence-corrected chi connectivity index (χ0v) is 9.58. The van der Waals surface area contributed by atoms with E-state index in [1.54, 1.807) is 13.8 Å². The number of benzene rings is 1. The van der Waals surface area contributed by atoms with E-state index in [1.807, 2.05) is 12.1 Å². The highest BCUT2D eigenvalue weighted by molar-refractivity contribution is 5.38. The number of hydrogen-bond donors (Lipinski definition) is 1. The first-order valence-corrected chi connectivity index (χ1v) is 5.45. The second kappa shape index (κ2) is 3.53. The van der Waals surface area contributed by atoms with Crippen molar-refractivity contribution >= 4 is 0 Å². The van der Waals surface area contributed by atoms with Crippen LogP contribution in [0.15, 0.2) is 18.2 Å². The second-order valence-electron chi connectivity index (χ2n) is 4.91. The first-order chi connectivity index (χ1) is 6.97. The van der Waals surface area contributed by atoms with Gasteiger partial charge in [-0.25, -0.2) is 0 Å². The molecule has 2 rings (SSSR count). The fourth-order valence-corrected chi connectivity index (χ4v) is 2.01. The molecule has 15 heavy (non-hydrogen) atoms. The quantitative estimate of drug-likeness (QED) is 0.764. The van der Waals surface area contributed by atoms with Gasteiger partial charge in [-0.1, -0.05) is 17.7 Å². The second-order valence-corrected chi connectivity index (χ2v) is 4.91. The summed E-state index contributed by atoms with van der Waals surface area (Å²) in [5.41, 5.74) is 1.76. The van der Waals surface area contributed by atoms with Gasteiger partial charge in [0, 0.05) is 0 Å². The smallest absolute Gasteiger partial charge is 0.127 e. The summed E-state index contributed by atoms with van der Waals surface area (Å²) in [6.45, 7) is 5.69. The predicted octanol–water partition coefficient (Wildman–Crippen LogP) is 2.46. The van der Waals surface area contributed by atoms with Crippen LogP contribution in [0.3, 0.4) is 0 Å². The fraction of sp³-hybridized carbons (Fsp3) is 0.538. The van der Waals surface area contributed by atoms with Gasteiger partial charge >= 0.3 is 0 Å². The topological polar surface area (TPSA) is 29.5 Å². The van der Waals surface area contributed by atoms with Crippen LogP contribution in [0.4, 0.5) is 0 Å². The third-order valence-electron chi connectivity index (χ3n) is 2.95. The average molecular weight is 206 g/mol. The minimum atomic E-state index is -0.761. The molecule has 0 saturated carbocycles. The van der Waals surface area contributed by atoms with E-state index in [1.165, 1.54) is 11.1 Å². The zero-order chi connectivity index (χ0) is 11.1. The van der Waals surface area contributed by atoms with E-state index in [-0.39, 0.29) is 6.10 Å². The van der Waals surface area contributed by atoms with Gasteiger partial charge in [0.05, 0.1) is 5.60 Å². The van der Waals surface area contributed by atoms with Crippen molar-refractivity contribution in [2.75, 3.05) is 0 Å². The minimum absolute atomic E-state index is 0.0901. The monoisotopic (exact) mass is 206 g/mol. The molecule has 0 aliphatic carbocycles. The molecule has 82 valence electrons. The Labute approximate surface area is 90.9 Å². The molecule has 1 aromatic rings. The number of aliphatic hydroxyl groups is 1. The lowest BCUT2D eigenvalue weighted by molar-refractivity contribution is -0.0424. The van der Waals surface area contributed by atoms with Crippen LogP contribution >= 0.6 is 0 Å². The van der Waals surface area contributed by atoms with E-state index in [9.17, 15) is 5.11 Å². The van der Waals surface area contributed by atoms with Gasteiger partial charge in [-0.3, -0.25) is 0 Å². The van der Waals surface area contributed by atoms with Crippen LogP contribution in [-0.2, 0) is 6.42 Å². The number of fused-ring (bicyclic) bond motifs is 1. The lowest BCUT2D eigenvalue weighted by Crippen LogP contribution is -2.42. The maximum absolute atomic E-state index is 9.90. The van der Waals surface area contributed by atoms with E-state index >= 15 is 0 Å². The average Bonchev–Trinajstić information content (AvgIpc) is 2.15. The van der Waals surface area contributed by atoms with Crippen LogP contribution in [0, 0.1) is 6.92 Å². The number of hydrogen-bond acceptors (Lipinski definition) is 2. The summed E-state index contributed by atoms with van der Waals surface area (Å²) < 4.78 is 5.80. The van der Waals surface area contributed by atoms with Gasteiger partial charge in [0.1, 0.15) is 11.9 Å². The Balaban J connectivity index is 2.24. The highest BCUT2D eigenvalue weighted by Crippen LogP contribution is 2.31. The lowest BCUT2D eigenvalue weighted by atomic mass is 9.92. The molecule has 1 atom stereocenters. The molecule has 2 heteroatoms. The van der Waals surface area contributed by atoms with E-state index in [4.69, 9.17) is 4.74 Å². The third kappa shape index (κ3) is 2.15. The largest absolute Gasteiger partial charge is 0.487 e. The molecular weight excluding hydrogens is 188 g/mol. The Bertz CT molecular complexity index is 363. The van der Waals surface area contributed by atoms with Crippen LogP contribution < -0.4 is 4.74 Å². The van der Waals surface area contributed by atoms with Gasteiger partial charge < -0.3 is 9.84 Å². The standard InChI is InChI=1S/C13H18O2/c1-9-4-6-11-10(8-9)5-7-12(15-11)13(2,3)14/h4,6,8,12,14H,5,7H2,1-3H3. The Hall–Kier alpha value is -1.02. The van der Waals surface area contributed by atoms with Gasteiger partial charge in [0.2, 0.25) is 0 Å². The van der Waals surface area contributed by atoms with E-state index in [2.05, 4.69) is 13.0 Å². The zero-order valence-electron chi connectivity index (χ0n) is 9.58. The molecule has 1 unspecified atom stereocenters. The normalized spacial score (nSPS) is 20.7. The molecule has 1 aromatic carbocycles. The highest BCUT2D eigenvalue weighted by atomic mass is 16.5. The molecule has 0 spiro atoms. The molecule has 1 aliphatic heterocycles. The van der Waals surface area contributed by atoms with Gasteiger partial charge in [-0.05, 0) is 45.2 Å². The third-order valence-corrected chi connectivity index (χ3v) is 2.95. The summed E-state index contributed by atoms with van der Waals surface area (Å²) in [4.78, 5) is 0. The molecular formula is C13H18O2. The Kier molecular flexibility index (Phi) is 2.47. The van der Waals surface area contributed by atoms with Crippen molar-refractivity contribution in [3.05, 3.63) is 29.3 Å². The maximum Gasteiger partial charge on any atom is 0.127 e. The first kappa shape index (κ1) is 10.5. The van der Waals surface area contributed by atoms with Crippen LogP contribution in [0.1, 0.15) is 31.4 Å². The molecule has 0 amide bonds. The van der Waals surface area contributed by atoms with Crippen molar-refractivity contribution in [3.8, 4) is 5.75 Å². The summed E-state index contributed by atoms with van der Waals surface area (Å²) in [7, 11) is 0. The Morgan fingerprint density at radius 2 is 2.13 bits per heavy atom. The van der Waals surface area contributed by atoms with Crippen LogP contribution in [0.5, 0.6) is 5.75 Å². The summed E-state index contributed by atoms with van der Waals surface area (Å²) in [5.74, 6) is 0.930. The van der Waals surface area contributed by atoms with E-state index in [0.29, 0.717) is 0 Å². The van der Waals surface area contributed by atoms with Crippen LogP contribution in [-0.4, -0.2) is 16.8 Å². The number of rotatable bonds is 1. The SMILES string of the molecule is Cc1ccc2c(c1)CCC(C(C)(C)O)O2. The van der Waals surface area contributed by atoms with Gasteiger partial charge in [0.15, 0.2) is 0 Å². The summed E-state index contributed by atoms with van der Waals surface area (Å²) in [5, 5.41) is 9.90. The van der Waals surface area contributed by atoms with Gasteiger partial charge in [-0.2, -0.15) is 0 Å². The molecule has 1 aliphatic rings. The minimum Gasteiger partial charge on any atom is -0.487 e. The van der Waals surface area contributed by atoms with Crippen molar-refractivity contribution in [1.29, 1.82) is 0 Å². The lowest BCUT2D eigenvalue weighted by Gasteiger charge is -2.34. The summed E-state index contributed by atoms with van der Waals surface area (Å²) in [6.07, 6.45) is 1.79. The van der Waals surface area contributed by atoms with E-state index in [0.717, 1.165) is 18.6 Å².